The highest BCUT2D eigenvalue weighted by Crippen LogP contribution is 2.29. The van der Waals surface area contributed by atoms with Crippen LogP contribution in [0.2, 0.25) is 0 Å². The Morgan fingerprint density at radius 2 is 2.20 bits per heavy atom. The van der Waals surface area contributed by atoms with Gasteiger partial charge in [0.15, 0.2) is 5.88 Å². The number of aliphatic hydroxyl groups excluding tert-OH is 1. The Labute approximate surface area is 86.8 Å². The quantitative estimate of drug-likeness (QED) is 0.547. The highest BCUT2D eigenvalue weighted by molar-refractivity contribution is 5.28. The van der Waals surface area contributed by atoms with Crippen LogP contribution >= 0.6 is 0 Å². The molecule has 1 aliphatic heterocycles. The van der Waals surface area contributed by atoms with Crippen LogP contribution in [0.1, 0.15) is 24.4 Å². The van der Waals surface area contributed by atoms with Crippen molar-refractivity contribution in [2.45, 2.75) is 24.9 Å². The molecule has 1 saturated heterocycles. The monoisotopic (exact) mass is 210 g/mol. The van der Waals surface area contributed by atoms with Crippen molar-refractivity contribution in [3.05, 3.63) is 28.0 Å². The lowest BCUT2D eigenvalue weighted by atomic mass is 10.1. The molecule has 5 heteroatoms. The standard InChI is InChI=1S/C10H14N2O3/c13-5-6-1-3-8(11-6)7-2-4-9(14)12-10(7)15/h2,4,6,8,11,13H,1,3,5H2,(H2,12,14,15). The molecule has 1 aromatic heterocycles. The highest BCUT2D eigenvalue weighted by atomic mass is 16.3. The van der Waals surface area contributed by atoms with Crippen molar-refractivity contribution in [1.82, 2.24) is 10.3 Å². The summed E-state index contributed by atoms with van der Waals surface area (Å²) in [5, 5.41) is 21.7. The average molecular weight is 210 g/mol. The van der Waals surface area contributed by atoms with Crippen LogP contribution in [-0.4, -0.2) is 27.8 Å². The molecule has 0 aromatic carbocycles. The van der Waals surface area contributed by atoms with Crippen LogP contribution in [0.15, 0.2) is 16.9 Å². The van der Waals surface area contributed by atoms with Gasteiger partial charge < -0.3 is 15.5 Å². The Balaban J connectivity index is 2.20. The van der Waals surface area contributed by atoms with Gasteiger partial charge in [-0.15, -0.1) is 0 Å². The van der Waals surface area contributed by atoms with E-state index in [-0.39, 0.29) is 30.1 Å². The van der Waals surface area contributed by atoms with E-state index in [1.54, 1.807) is 6.07 Å². The predicted molar refractivity (Wildman–Crippen MR) is 54.7 cm³/mol. The van der Waals surface area contributed by atoms with E-state index in [4.69, 9.17) is 5.11 Å². The number of H-pyrrole nitrogens is 1. The summed E-state index contributed by atoms with van der Waals surface area (Å²) in [4.78, 5) is 13.2. The number of aliphatic hydroxyl groups is 1. The molecule has 1 fully saturated rings. The van der Waals surface area contributed by atoms with E-state index in [0.29, 0.717) is 5.56 Å². The van der Waals surface area contributed by atoms with Gasteiger partial charge in [-0.05, 0) is 18.9 Å². The second kappa shape index (κ2) is 4.04. The molecule has 2 rings (SSSR count). The Morgan fingerprint density at radius 3 is 2.80 bits per heavy atom. The molecule has 0 saturated carbocycles. The zero-order valence-corrected chi connectivity index (χ0v) is 8.23. The van der Waals surface area contributed by atoms with Gasteiger partial charge in [-0.1, -0.05) is 0 Å². The van der Waals surface area contributed by atoms with Crippen LogP contribution in [0.25, 0.3) is 0 Å². The minimum absolute atomic E-state index is 0.0130. The van der Waals surface area contributed by atoms with Gasteiger partial charge in [-0.3, -0.25) is 9.78 Å². The van der Waals surface area contributed by atoms with Gasteiger partial charge in [-0.25, -0.2) is 0 Å². The number of rotatable bonds is 2. The topological polar surface area (TPSA) is 85.3 Å². The third-order valence-corrected chi connectivity index (χ3v) is 2.77. The number of aromatic amines is 1. The van der Waals surface area contributed by atoms with Gasteiger partial charge >= 0.3 is 0 Å². The van der Waals surface area contributed by atoms with Gasteiger partial charge in [0.1, 0.15) is 0 Å². The normalized spacial score (nSPS) is 25.7. The van der Waals surface area contributed by atoms with Crippen LogP contribution in [0.4, 0.5) is 0 Å². The number of hydrogen-bond donors (Lipinski definition) is 4. The Kier molecular flexibility index (Phi) is 2.75. The Hall–Kier alpha value is -1.33. The zero-order valence-electron chi connectivity index (χ0n) is 8.23. The van der Waals surface area contributed by atoms with Crippen molar-refractivity contribution < 1.29 is 10.2 Å². The smallest absolute Gasteiger partial charge is 0.250 e. The molecule has 1 aromatic rings. The fourth-order valence-electron chi connectivity index (χ4n) is 1.96. The molecule has 82 valence electrons. The van der Waals surface area contributed by atoms with E-state index in [2.05, 4.69) is 10.3 Å². The molecule has 0 amide bonds. The lowest BCUT2D eigenvalue weighted by Crippen LogP contribution is -2.27. The summed E-state index contributed by atoms with van der Waals surface area (Å²) in [6, 6.07) is 3.11. The van der Waals surface area contributed by atoms with Gasteiger partial charge in [0.25, 0.3) is 5.56 Å². The number of pyridine rings is 1. The molecule has 2 heterocycles. The maximum atomic E-state index is 10.9. The second-order valence-corrected chi connectivity index (χ2v) is 3.80. The molecule has 0 aliphatic carbocycles. The maximum absolute atomic E-state index is 10.9. The van der Waals surface area contributed by atoms with Crippen molar-refractivity contribution in [3.63, 3.8) is 0 Å². The number of nitrogens with one attached hydrogen (secondary N) is 2. The summed E-state index contributed by atoms with van der Waals surface area (Å²) in [7, 11) is 0. The molecule has 2 atom stereocenters. The van der Waals surface area contributed by atoms with E-state index >= 15 is 0 Å². The number of aromatic hydroxyl groups is 1. The number of hydrogen-bond acceptors (Lipinski definition) is 4. The van der Waals surface area contributed by atoms with Crippen LogP contribution in [-0.2, 0) is 0 Å². The summed E-state index contributed by atoms with van der Waals surface area (Å²) < 4.78 is 0. The van der Waals surface area contributed by atoms with Gasteiger partial charge in [-0.2, -0.15) is 0 Å². The summed E-state index contributed by atoms with van der Waals surface area (Å²) in [5.41, 5.74) is 0.374. The van der Waals surface area contributed by atoms with Crippen LogP contribution in [0, 0.1) is 0 Å². The zero-order chi connectivity index (χ0) is 10.8. The fraction of sp³-hybridized carbons (Fsp3) is 0.500. The van der Waals surface area contributed by atoms with Crippen molar-refractivity contribution in [3.8, 4) is 5.88 Å². The van der Waals surface area contributed by atoms with E-state index in [1.165, 1.54) is 6.07 Å². The lowest BCUT2D eigenvalue weighted by Gasteiger charge is -2.13. The molecular weight excluding hydrogens is 196 g/mol. The van der Waals surface area contributed by atoms with Crippen molar-refractivity contribution >= 4 is 0 Å². The SMILES string of the molecule is O=c1ccc(C2CCC(CO)N2)c(O)[nH]1. The molecule has 1 aliphatic rings. The summed E-state index contributed by atoms with van der Waals surface area (Å²) in [5.74, 6) is -0.0846. The molecule has 0 spiro atoms. The van der Waals surface area contributed by atoms with Gasteiger partial charge in [0.2, 0.25) is 0 Å². The van der Waals surface area contributed by atoms with E-state index in [1.807, 2.05) is 0 Å². The van der Waals surface area contributed by atoms with Crippen LogP contribution in [0.5, 0.6) is 5.88 Å². The third kappa shape index (κ3) is 2.03. The maximum Gasteiger partial charge on any atom is 0.250 e. The first-order chi connectivity index (χ1) is 7.20. The molecule has 5 nitrogen and oxygen atoms in total. The van der Waals surface area contributed by atoms with Gasteiger partial charge in [0, 0.05) is 23.7 Å². The predicted octanol–water partition coefficient (Wildman–Crippen LogP) is -0.134. The van der Waals surface area contributed by atoms with E-state index in [0.717, 1.165) is 12.8 Å². The van der Waals surface area contributed by atoms with Crippen LogP contribution < -0.4 is 10.9 Å². The minimum atomic E-state index is -0.312. The summed E-state index contributed by atoms with van der Waals surface area (Å²) in [6.45, 7) is 0.0978. The lowest BCUT2D eigenvalue weighted by molar-refractivity contribution is 0.251. The first kappa shape index (κ1) is 10.2. The van der Waals surface area contributed by atoms with Gasteiger partial charge in [0.05, 0.1) is 6.61 Å². The van der Waals surface area contributed by atoms with Crippen molar-refractivity contribution in [1.29, 1.82) is 0 Å². The Morgan fingerprint density at radius 1 is 1.40 bits per heavy atom. The second-order valence-electron chi connectivity index (χ2n) is 3.80. The first-order valence-electron chi connectivity index (χ1n) is 5.00. The molecular formula is C10H14N2O3. The highest BCUT2D eigenvalue weighted by Gasteiger charge is 2.26. The third-order valence-electron chi connectivity index (χ3n) is 2.77. The molecule has 2 unspecified atom stereocenters. The summed E-state index contributed by atoms with van der Waals surface area (Å²) in [6.07, 6.45) is 1.73. The average Bonchev–Trinajstić information content (AvgIpc) is 2.66. The Bertz CT molecular complexity index is 402. The fourth-order valence-corrected chi connectivity index (χ4v) is 1.96. The molecule has 0 bridgehead atoms. The van der Waals surface area contributed by atoms with Crippen LogP contribution in [0.3, 0.4) is 0 Å². The first-order valence-corrected chi connectivity index (χ1v) is 5.00. The number of aromatic nitrogens is 1. The molecule has 4 N–H and O–H groups in total. The van der Waals surface area contributed by atoms with E-state index < -0.39 is 0 Å². The largest absolute Gasteiger partial charge is 0.494 e. The molecule has 15 heavy (non-hydrogen) atoms. The van der Waals surface area contributed by atoms with E-state index in [9.17, 15) is 9.90 Å². The van der Waals surface area contributed by atoms with Crippen molar-refractivity contribution in [2.75, 3.05) is 6.61 Å². The van der Waals surface area contributed by atoms with Crippen molar-refractivity contribution in [2.24, 2.45) is 0 Å². The molecule has 0 radical (unpaired) electrons. The minimum Gasteiger partial charge on any atom is -0.494 e. The summed E-state index contributed by atoms with van der Waals surface area (Å²) >= 11 is 0.